The molecule has 2 aromatic carbocycles. The van der Waals surface area contributed by atoms with E-state index in [4.69, 9.17) is 4.74 Å². The number of carboxylic acid groups (broad SMARTS) is 1. The van der Waals surface area contributed by atoms with Crippen LogP contribution < -0.4 is 0 Å². The van der Waals surface area contributed by atoms with Crippen LogP contribution >= 0.6 is 0 Å². The van der Waals surface area contributed by atoms with Crippen molar-refractivity contribution in [2.24, 2.45) is 5.92 Å². The summed E-state index contributed by atoms with van der Waals surface area (Å²) in [4.78, 5) is 26.4. The molecule has 1 N–H and O–H groups in total. The zero-order chi connectivity index (χ0) is 19.6. The lowest BCUT2D eigenvalue weighted by Crippen LogP contribution is -2.47. The fraction of sp³-hybridized carbons (Fsp3) is 0.300. The van der Waals surface area contributed by atoms with Crippen LogP contribution in [0.1, 0.15) is 11.1 Å². The van der Waals surface area contributed by atoms with Gasteiger partial charge in [0, 0.05) is 31.3 Å². The Hall–Kier alpha value is -2.80. The van der Waals surface area contributed by atoms with Gasteiger partial charge in [0.25, 0.3) is 0 Å². The van der Waals surface area contributed by atoms with Gasteiger partial charge in [-0.3, -0.25) is 14.5 Å². The van der Waals surface area contributed by atoms with Crippen molar-refractivity contribution in [2.75, 3.05) is 20.2 Å². The minimum atomic E-state index is -1.86. The molecule has 0 amide bonds. The molecule has 1 heterocycles. The lowest BCUT2D eigenvalue weighted by molar-refractivity contribution is -0.155. The van der Waals surface area contributed by atoms with Crippen molar-refractivity contribution in [2.45, 2.75) is 12.0 Å². The van der Waals surface area contributed by atoms with Crippen molar-refractivity contribution in [3.63, 3.8) is 0 Å². The van der Waals surface area contributed by atoms with E-state index in [1.54, 1.807) is 4.90 Å². The molecule has 5 nitrogen and oxygen atoms in total. The second-order valence-corrected chi connectivity index (χ2v) is 6.63. The first-order valence-corrected chi connectivity index (χ1v) is 8.41. The van der Waals surface area contributed by atoms with Crippen molar-refractivity contribution in [1.29, 1.82) is 0 Å². The smallest absolute Gasteiger partial charge is 0.316 e. The van der Waals surface area contributed by atoms with Crippen LogP contribution in [0.5, 0.6) is 0 Å². The van der Waals surface area contributed by atoms with E-state index in [2.05, 4.69) is 0 Å². The van der Waals surface area contributed by atoms with Crippen molar-refractivity contribution in [1.82, 2.24) is 4.90 Å². The Morgan fingerprint density at radius 1 is 1.22 bits per heavy atom. The lowest BCUT2D eigenvalue weighted by Gasteiger charge is -2.29. The molecule has 0 spiro atoms. The third-order valence-electron chi connectivity index (χ3n) is 5.04. The Morgan fingerprint density at radius 3 is 2.52 bits per heavy atom. The zero-order valence-corrected chi connectivity index (χ0v) is 14.7. The van der Waals surface area contributed by atoms with E-state index in [0.29, 0.717) is 12.6 Å². The van der Waals surface area contributed by atoms with Gasteiger partial charge in [0.2, 0.25) is 0 Å². The van der Waals surface area contributed by atoms with Crippen LogP contribution in [0.3, 0.4) is 0 Å². The number of benzene rings is 2. The average Bonchev–Trinajstić information content (AvgIpc) is 3.02. The molecule has 1 aliphatic rings. The number of nitrogens with zero attached hydrogens (tertiary/aromatic N) is 1. The van der Waals surface area contributed by atoms with E-state index in [1.165, 1.54) is 0 Å². The number of rotatable bonds is 5. The molecule has 0 aliphatic carbocycles. The van der Waals surface area contributed by atoms with Gasteiger partial charge in [-0.1, -0.05) is 36.4 Å². The highest BCUT2D eigenvalue weighted by atomic mass is 19.1. The number of carboxylic acids is 1. The SMILES string of the molecule is COC(=O)C1CN(Cc2ccccc2)CC1(C(=O)O)c1ccc(F)cc1F. The maximum atomic E-state index is 14.5. The van der Waals surface area contributed by atoms with Gasteiger partial charge in [-0.15, -0.1) is 0 Å². The quantitative estimate of drug-likeness (QED) is 0.814. The van der Waals surface area contributed by atoms with Gasteiger partial charge in [-0.25, -0.2) is 8.78 Å². The number of ether oxygens (including phenoxy) is 1. The molecule has 2 unspecified atom stereocenters. The van der Waals surface area contributed by atoms with Gasteiger partial charge in [0.05, 0.1) is 13.0 Å². The predicted octanol–water partition coefficient (Wildman–Crippen LogP) is 2.59. The molecule has 0 saturated carbocycles. The molecule has 27 heavy (non-hydrogen) atoms. The number of hydrogen-bond donors (Lipinski definition) is 1. The Labute approximate surface area is 155 Å². The number of esters is 1. The number of carbonyl (C=O) groups excluding carboxylic acids is 1. The third kappa shape index (κ3) is 3.42. The first-order chi connectivity index (χ1) is 12.9. The van der Waals surface area contributed by atoms with Crippen LogP contribution in [-0.2, 0) is 26.3 Å². The van der Waals surface area contributed by atoms with E-state index in [0.717, 1.165) is 24.8 Å². The number of likely N-dealkylation sites (tertiary alicyclic amines) is 1. The summed E-state index contributed by atoms with van der Waals surface area (Å²) in [5.74, 6) is -5.02. The number of hydrogen-bond acceptors (Lipinski definition) is 4. The van der Waals surface area contributed by atoms with E-state index in [9.17, 15) is 23.5 Å². The standard InChI is InChI=1S/C20H19F2NO4/c1-27-18(24)16-11-23(10-13-5-3-2-4-6-13)12-20(16,19(25)26)15-8-7-14(21)9-17(15)22/h2-9,16H,10-12H2,1H3,(H,25,26). The van der Waals surface area contributed by atoms with Crippen LogP contribution in [0, 0.1) is 17.6 Å². The van der Waals surface area contributed by atoms with Gasteiger partial charge < -0.3 is 9.84 Å². The average molecular weight is 375 g/mol. The minimum Gasteiger partial charge on any atom is -0.481 e. The van der Waals surface area contributed by atoms with Crippen molar-refractivity contribution in [3.05, 3.63) is 71.3 Å². The number of aliphatic carboxylic acids is 1. The number of halogens is 2. The van der Waals surface area contributed by atoms with Crippen LogP contribution in [0.25, 0.3) is 0 Å². The first-order valence-electron chi connectivity index (χ1n) is 8.41. The summed E-state index contributed by atoms with van der Waals surface area (Å²) in [5.41, 5.74) is -1.15. The van der Waals surface area contributed by atoms with Gasteiger partial charge >= 0.3 is 11.9 Å². The molecule has 0 aromatic heterocycles. The topological polar surface area (TPSA) is 66.8 Å². The summed E-state index contributed by atoms with van der Waals surface area (Å²) in [7, 11) is 1.16. The number of carbonyl (C=O) groups is 2. The molecular weight excluding hydrogens is 356 g/mol. The molecule has 2 aromatic rings. The summed E-state index contributed by atoms with van der Waals surface area (Å²) in [6.07, 6.45) is 0. The summed E-state index contributed by atoms with van der Waals surface area (Å²) >= 11 is 0. The van der Waals surface area contributed by atoms with Gasteiger partial charge in [0.1, 0.15) is 17.0 Å². The third-order valence-corrected chi connectivity index (χ3v) is 5.04. The molecule has 2 atom stereocenters. The Morgan fingerprint density at radius 2 is 1.93 bits per heavy atom. The van der Waals surface area contributed by atoms with E-state index in [1.807, 2.05) is 30.3 Å². The van der Waals surface area contributed by atoms with Crippen LogP contribution in [0.15, 0.2) is 48.5 Å². The second-order valence-electron chi connectivity index (χ2n) is 6.63. The molecule has 7 heteroatoms. The van der Waals surface area contributed by atoms with Crippen molar-refractivity contribution < 1.29 is 28.2 Å². The van der Waals surface area contributed by atoms with Gasteiger partial charge in [-0.05, 0) is 11.6 Å². The van der Waals surface area contributed by atoms with Crippen LogP contribution in [-0.4, -0.2) is 42.1 Å². The molecule has 1 fully saturated rings. The lowest BCUT2D eigenvalue weighted by atomic mass is 9.72. The monoisotopic (exact) mass is 375 g/mol. The summed E-state index contributed by atoms with van der Waals surface area (Å²) in [5, 5.41) is 10.0. The molecule has 1 saturated heterocycles. The Kier molecular flexibility index (Phi) is 5.23. The molecule has 142 valence electrons. The minimum absolute atomic E-state index is 0.0880. The van der Waals surface area contributed by atoms with Gasteiger partial charge in [-0.2, -0.15) is 0 Å². The van der Waals surface area contributed by atoms with E-state index in [-0.39, 0.29) is 18.7 Å². The summed E-state index contributed by atoms with van der Waals surface area (Å²) < 4.78 is 32.7. The molecule has 0 radical (unpaired) electrons. The highest BCUT2D eigenvalue weighted by molar-refractivity contribution is 5.90. The fourth-order valence-electron chi connectivity index (χ4n) is 3.78. The largest absolute Gasteiger partial charge is 0.481 e. The Bertz CT molecular complexity index is 858. The molecular formula is C20H19F2NO4. The zero-order valence-electron chi connectivity index (χ0n) is 14.7. The van der Waals surface area contributed by atoms with Gasteiger partial charge in [0.15, 0.2) is 0 Å². The number of methoxy groups -OCH3 is 1. The maximum absolute atomic E-state index is 14.5. The molecule has 3 rings (SSSR count). The highest BCUT2D eigenvalue weighted by Gasteiger charge is 2.58. The van der Waals surface area contributed by atoms with Crippen molar-refractivity contribution in [3.8, 4) is 0 Å². The van der Waals surface area contributed by atoms with Crippen LogP contribution in [0.2, 0.25) is 0 Å². The second kappa shape index (κ2) is 7.44. The predicted molar refractivity (Wildman–Crippen MR) is 92.9 cm³/mol. The molecule has 0 bridgehead atoms. The fourth-order valence-corrected chi connectivity index (χ4v) is 3.78. The molecule has 1 aliphatic heterocycles. The maximum Gasteiger partial charge on any atom is 0.316 e. The summed E-state index contributed by atoms with van der Waals surface area (Å²) in [6.45, 7) is 0.385. The summed E-state index contributed by atoms with van der Waals surface area (Å²) in [6, 6.07) is 12.1. The van der Waals surface area contributed by atoms with Crippen molar-refractivity contribution >= 4 is 11.9 Å². The Balaban J connectivity index is 2.05. The van der Waals surface area contributed by atoms with E-state index >= 15 is 0 Å². The normalized spacial score (nSPS) is 22.6. The highest BCUT2D eigenvalue weighted by Crippen LogP contribution is 2.42. The van der Waals surface area contributed by atoms with E-state index < -0.39 is 34.9 Å². The first kappa shape index (κ1) is 19.0. The van der Waals surface area contributed by atoms with Crippen LogP contribution in [0.4, 0.5) is 8.78 Å².